The van der Waals surface area contributed by atoms with Gasteiger partial charge in [-0.3, -0.25) is 9.69 Å². The molecular weight excluding hydrogens is 186 g/mol. The lowest BCUT2D eigenvalue weighted by atomic mass is 9.94. The van der Waals surface area contributed by atoms with E-state index in [2.05, 4.69) is 32.7 Å². The maximum absolute atomic E-state index is 12.0. The van der Waals surface area contributed by atoms with Gasteiger partial charge in [0.1, 0.15) is 5.78 Å². The number of ketones is 1. The highest BCUT2D eigenvalue weighted by molar-refractivity contribution is 5.84. The lowest BCUT2D eigenvalue weighted by Crippen LogP contribution is -2.50. The Morgan fingerprint density at radius 1 is 1.33 bits per heavy atom. The largest absolute Gasteiger partial charge is 0.298 e. The summed E-state index contributed by atoms with van der Waals surface area (Å²) in [6, 6.07) is 0.169. The second-order valence-electron chi connectivity index (χ2n) is 5.36. The molecule has 1 unspecified atom stereocenters. The van der Waals surface area contributed by atoms with Crippen LogP contribution >= 0.6 is 0 Å². The molecule has 2 nitrogen and oxygen atoms in total. The summed E-state index contributed by atoms with van der Waals surface area (Å²) in [6.07, 6.45) is 6.46. The summed E-state index contributed by atoms with van der Waals surface area (Å²) in [6.45, 7) is 6.65. The summed E-state index contributed by atoms with van der Waals surface area (Å²) in [5, 5.41) is 0. The van der Waals surface area contributed by atoms with Crippen LogP contribution in [0.5, 0.6) is 0 Å². The van der Waals surface area contributed by atoms with E-state index in [0.29, 0.717) is 5.78 Å². The molecule has 2 heteroatoms. The molecule has 0 aromatic heterocycles. The van der Waals surface area contributed by atoms with Crippen LogP contribution in [0.4, 0.5) is 0 Å². The van der Waals surface area contributed by atoms with Crippen molar-refractivity contribution in [3.8, 4) is 0 Å². The van der Waals surface area contributed by atoms with Gasteiger partial charge in [0.2, 0.25) is 0 Å². The highest BCUT2D eigenvalue weighted by Crippen LogP contribution is 2.25. The summed E-state index contributed by atoms with van der Waals surface area (Å²) in [5.74, 6) is 0.455. The lowest BCUT2D eigenvalue weighted by molar-refractivity contribution is -0.125. The van der Waals surface area contributed by atoms with Gasteiger partial charge >= 0.3 is 0 Å². The summed E-state index contributed by atoms with van der Waals surface area (Å²) in [7, 11) is 2.11. The number of rotatable bonds is 3. The molecular formula is C13H25NO. The summed E-state index contributed by atoms with van der Waals surface area (Å²) >= 11 is 0. The van der Waals surface area contributed by atoms with Crippen molar-refractivity contribution >= 4 is 5.78 Å². The molecule has 1 rings (SSSR count). The van der Waals surface area contributed by atoms with E-state index in [-0.39, 0.29) is 11.6 Å². The molecule has 88 valence electrons. The molecule has 0 saturated heterocycles. The second kappa shape index (κ2) is 5.11. The van der Waals surface area contributed by atoms with E-state index < -0.39 is 0 Å². The Bertz CT molecular complexity index is 223. The smallest absolute Gasteiger partial charge is 0.149 e. The zero-order chi connectivity index (χ0) is 11.5. The molecule has 1 aliphatic rings. The highest BCUT2D eigenvalue weighted by atomic mass is 16.1. The number of Topliss-reactive ketones (excluding diaryl/α,β-unsaturated/α-hetero) is 1. The van der Waals surface area contributed by atoms with Crippen molar-refractivity contribution in [1.29, 1.82) is 0 Å². The Hall–Kier alpha value is -0.370. The van der Waals surface area contributed by atoms with E-state index in [1.54, 1.807) is 0 Å². The predicted molar refractivity (Wildman–Crippen MR) is 64.0 cm³/mol. The molecule has 0 aromatic carbocycles. The van der Waals surface area contributed by atoms with Crippen LogP contribution < -0.4 is 0 Å². The van der Waals surface area contributed by atoms with Gasteiger partial charge in [-0.05, 0) is 40.2 Å². The monoisotopic (exact) mass is 211 g/mol. The fourth-order valence-corrected chi connectivity index (χ4v) is 2.22. The standard InChI is InChI=1S/C13H25NO/c1-5-13(2,3)14(4)11-9-7-6-8-10-12(11)15/h11H,5-10H2,1-4H3. The summed E-state index contributed by atoms with van der Waals surface area (Å²) in [5.41, 5.74) is 0.144. The molecule has 0 aliphatic heterocycles. The minimum atomic E-state index is 0.144. The Morgan fingerprint density at radius 3 is 2.60 bits per heavy atom. The Balaban J connectivity index is 2.71. The molecule has 1 saturated carbocycles. The van der Waals surface area contributed by atoms with E-state index in [9.17, 15) is 4.79 Å². The molecule has 0 N–H and O–H groups in total. The number of carbonyl (C=O) groups excluding carboxylic acids is 1. The van der Waals surface area contributed by atoms with Crippen molar-refractivity contribution in [2.24, 2.45) is 0 Å². The number of nitrogens with zero attached hydrogens (tertiary/aromatic N) is 1. The third kappa shape index (κ3) is 3.04. The third-order valence-electron chi connectivity index (χ3n) is 4.06. The van der Waals surface area contributed by atoms with Crippen LogP contribution in [0.2, 0.25) is 0 Å². The normalized spacial score (nSPS) is 24.3. The first kappa shape index (κ1) is 12.7. The molecule has 0 bridgehead atoms. The van der Waals surface area contributed by atoms with E-state index in [1.165, 1.54) is 12.8 Å². The average molecular weight is 211 g/mol. The van der Waals surface area contributed by atoms with Crippen molar-refractivity contribution in [2.75, 3.05) is 7.05 Å². The minimum absolute atomic E-state index is 0.144. The van der Waals surface area contributed by atoms with Crippen molar-refractivity contribution < 1.29 is 4.79 Å². The van der Waals surface area contributed by atoms with Crippen LogP contribution in [0.3, 0.4) is 0 Å². The van der Waals surface area contributed by atoms with Gasteiger partial charge in [0.25, 0.3) is 0 Å². The number of hydrogen-bond donors (Lipinski definition) is 0. The van der Waals surface area contributed by atoms with Crippen LogP contribution in [0, 0.1) is 0 Å². The predicted octanol–water partition coefficient (Wildman–Crippen LogP) is 3.01. The molecule has 1 aliphatic carbocycles. The van der Waals surface area contributed by atoms with Gasteiger partial charge in [0.05, 0.1) is 6.04 Å². The number of hydrogen-bond acceptors (Lipinski definition) is 2. The fraction of sp³-hybridized carbons (Fsp3) is 0.923. The molecule has 15 heavy (non-hydrogen) atoms. The van der Waals surface area contributed by atoms with Gasteiger partial charge in [-0.15, -0.1) is 0 Å². The molecule has 0 radical (unpaired) electrons. The van der Waals surface area contributed by atoms with Gasteiger partial charge in [-0.25, -0.2) is 0 Å². The highest BCUT2D eigenvalue weighted by Gasteiger charge is 2.32. The number of likely N-dealkylation sites (N-methyl/N-ethyl adjacent to an activating group) is 1. The average Bonchev–Trinajstić information content (AvgIpc) is 2.41. The fourth-order valence-electron chi connectivity index (χ4n) is 2.22. The van der Waals surface area contributed by atoms with Crippen molar-refractivity contribution in [1.82, 2.24) is 4.90 Å². The van der Waals surface area contributed by atoms with Gasteiger partial charge in [0, 0.05) is 12.0 Å². The Labute approximate surface area is 94.0 Å². The van der Waals surface area contributed by atoms with Crippen LogP contribution in [-0.2, 0) is 4.79 Å². The number of carbonyl (C=O) groups is 1. The van der Waals surface area contributed by atoms with Gasteiger partial charge < -0.3 is 0 Å². The first-order valence-corrected chi connectivity index (χ1v) is 6.24. The van der Waals surface area contributed by atoms with E-state index in [1.807, 2.05) is 0 Å². The summed E-state index contributed by atoms with van der Waals surface area (Å²) < 4.78 is 0. The SMILES string of the molecule is CCC(C)(C)N(C)C1CCCCCC1=O. The minimum Gasteiger partial charge on any atom is -0.298 e. The van der Waals surface area contributed by atoms with Crippen LogP contribution in [0.15, 0.2) is 0 Å². The Morgan fingerprint density at radius 2 is 2.00 bits per heavy atom. The molecule has 0 heterocycles. The van der Waals surface area contributed by atoms with Gasteiger partial charge in [-0.1, -0.05) is 19.8 Å². The topological polar surface area (TPSA) is 20.3 Å². The van der Waals surface area contributed by atoms with E-state index in [4.69, 9.17) is 0 Å². The molecule has 1 atom stereocenters. The first-order valence-electron chi connectivity index (χ1n) is 6.24. The lowest BCUT2D eigenvalue weighted by Gasteiger charge is -2.39. The van der Waals surface area contributed by atoms with Crippen LogP contribution in [-0.4, -0.2) is 29.3 Å². The third-order valence-corrected chi connectivity index (χ3v) is 4.06. The zero-order valence-electron chi connectivity index (χ0n) is 10.7. The van der Waals surface area contributed by atoms with Crippen LogP contribution in [0.25, 0.3) is 0 Å². The molecule has 0 amide bonds. The Kier molecular flexibility index (Phi) is 4.32. The molecule has 1 fully saturated rings. The van der Waals surface area contributed by atoms with E-state index >= 15 is 0 Å². The van der Waals surface area contributed by atoms with Crippen molar-refractivity contribution in [3.05, 3.63) is 0 Å². The zero-order valence-corrected chi connectivity index (χ0v) is 10.7. The van der Waals surface area contributed by atoms with Crippen LogP contribution in [0.1, 0.15) is 59.3 Å². The molecule has 0 aromatic rings. The summed E-state index contributed by atoms with van der Waals surface area (Å²) in [4.78, 5) is 14.3. The molecule has 0 spiro atoms. The van der Waals surface area contributed by atoms with Gasteiger partial charge in [-0.2, -0.15) is 0 Å². The second-order valence-corrected chi connectivity index (χ2v) is 5.36. The van der Waals surface area contributed by atoms with Gasteiger partial charge in [0.15, 0.2) is 0 Å². The van der Waals surface area contributed by atoms with Crippen molar-refractivity contribution in [2.45, 2.75) is 70.9 Å². The maximum Gasteiger partial charge on any atom is 0.149 e. The quantitative estimate of drug-likeness (QED) is 0.669. The van der Waals surface area contributed by atoms with Crippen molar-refractivity contribution in [3.63, 3.8) is 0 Å². The maximum atomic E-state index is 12.0. The van der Waals surface area contributed by atoms with E-state index in [0.717, 1.165) is 25.7 Å². The first-order chi connectivity index (χ1) is 6.99.